The van der Waals surface area contributed by atoms with Crippen molar-refractivity contribution in [3.8, 4) is 0 Å². The molecule has 5 nitrogen and oxygen atoms in total. The fraction of sp³-hybridized carbons (Fsp3) is 0.286. The second kappa shape index (κ2) is 4.47. The van der Waals surface area contributed by atoms with Gasteiger partial charge in [0, 0.05) is 13.1 Å². The van der Waals surface area contributed by atoms with Gasteiger partial charge in [-0.15, -0.1) is 24.0 Å². The van der Waals surface area contributed by atoms with E-state index in [-0.39, 0.29) is 24.0 Å². The summed E-state index contributed by atoms with van der Waals surface area (Å²) in [5, 5.41) is 0. The van der Waals surface area contributed by atoms with Gasteiger partial charge >= 0.3 is 0 Å². The molecule has 0 aliphatic carbocycles. The first kappa shape index (κ1) is 10.3. The molecular formula is C7H10IN5. The molecule has 0 aliphatic rings. The summed E-state index contributed by atoms with van der Waals surface area (Å²) in [7, 11) is 0. The normalized spacial score (nSPS) is 9.92. The maximum absolute atomic E-state index is 5.42. The Morgan fingerprint density at radius 3 is 3.00 bits per heavy atom. The third kappa shape index (κ3) is 1.94. The summed E-state index contributed by atoms with van der Waals surface area (Å²) in [6.07, 6.45) is 4.93. The Hall–Kier alpha value is -0.760. The zero-order valence-corrected chi connectivity index (χ0v) is 9.25. The molecule has 0 radical (unpaired) electrons. The second-order valence-corrected chi connectivity index (χ2v) is 2.46. The Morgan fingerprint density at radius 1 is 1.38 bits per heavy atom. The van der Waals surface area contributed by atoms with Crippen molar-refractivity contribution in [2.24, 2.45) is 5.73 Å². The number of rotatable bonds is 2. The van der Waals surface area contributed by atoms with E-state index in [4.69, 9.17) is 5.73 Å². The van der Waals surface area contributed by atoms with E-state index in [2.05, 4.69) is 15.0 Å². The Morgan fingerprint density at radius 2 is 2.23 bits per heavy atom. The third-order valence-corrected chi connectivity index (χ3v) is 1.65. The van der Waals surface area contributed by atoms with Crippen LogP contribution in [-0.4, -0.2) is 26.1 Å². The van der Waals surface area contributed by atoms with E-state index >= 15 is 0 Å². The van der Waals surface area contributed by atoms with Gasteiger partial charge in [-0.05, 0) is 0 Å². The second-order valence-electron chi connectivity index (χ2n) is 2.46. The molecule has 0 unspecified atom stereocenters. The van der Waals surface area contributed by atoms with Crippen LogP contribution in [0.2, 0.25) is 0 Å². The van der Waals surface area contributed by atoms with Crippen LogP contribution in [0.25, 0.3) is 11.2 Å². The zero-order chi connectivity index (χ0) is 8.39. The lowest BCUT2D eigenvalue weighted by Crippen LogP contribution is -2.09. The van der Waals surface area contributed by atoms with Crippen molar-refractivity contribution in [3.63, 3.8) is 0 Å². The molecule has 2 rings (SSSR count). The Bertz CT molecular complexity index is 385. The minimum atomic E-state index is 0. The van der Waals surface area contributed by atoms with Gasteiger partial charge in [0.05, 0.1) is 12.5 Å². The lowest BCUT2D eigenvalue weighted by atomic mass is 10.5. The Labute approximate surface area is 92.4 Å². The Kier molecular flexibility index (Phi) is 3.55. The van der Waals surface area contributed by atoms with E-state index < -0.39 is 0 Å². The van der Waals surface area contributed by atoms with Crippen LogP contribution in [0.4, 0.5) is 0 Å². The molecule has 2 heterocycles. The van der Waals surface area contributed by atoms with Crippen molar-refractivity contribution in [1.29, 1.82) is 0 Å². The molecule has 0 atom stereocenters. The topological polar surface area (TPSA) is 69.6 Å². The van der Waals surface area contributed by atoms with Crippen LogP contribution in [0.1, 0.15) is 0 Å². The van der Waals surface area contributed by atoms with Crippen molar-refractivity contribution in [2.75, 3.05) is 6.54 Å². The van der Waals surface area contributed by atoms with Gasteiger partial charge in [0.2, 0.25) is 0 Å². The summed E-state index contributed by atoms with van der Waals surface area (Å²) in [5.74, 6) is 0. The highest BCUT2D eigenvalue weighted by Gasteiger charge is 2.00. The van der Waals surface area contributed by atoms with Crippen LogP contribution in [0.5, 0.6) is 0 Å². The van der Waals surface area contributed by atoms with Crippen molar-refractivity contribution < 1.29 is 0 Å². The van der Waals surface area contributed by atoms with E-state index in [9.17, 15) is 0 Å². The lowest BCUT2D eigenvalue weighted by molar-refractivity contribution is 0.721. The monoisotopic (exact) mass is 291 g/mol. The van der Waals surface area contributed by atoms with E-state index in [0.717, 1.165) is 17.7 Å². The number of halogens is 1. The molecule has 0 fully saturated rings. The number of hydrogen-bond donors (Lipinski definition) is 1. The average Bonchev–Trinajstić information content (AvgIpc) is 2.50. The Balaban J connectivity index is 0.000000845. The predicted molar refractivity (Wildman–Crippen MR) is 59.8 cm³/mol. The molecule has 2 aromatic heterocycles. The van der Waals surface area contributed by atoms with Crippen LogP contribution in [0.15, 0.2) is 18.9 Å². The molecule has 0 amide bonds. The van der Waals surface area contributed by atoms with Gasteiger partial charge in [-0.2, -0.15) is 0 Å². The van der Waals surface area contributed by atoms with Crippen molar-refractivity contribution >= 4 is 35.1 Å². The fourth-order valence-electron chi connectivity index (χ4n) is 1.12. The zero-order valence-electron chi connectivity index (χ0n) is 6.92. The predicted octanol–water partition coefficient (Wildman–Crippen LogP) is 0.403. The summed E-state index contributed by atoms with van der Waals surface area (Å²) in [6, 6.07) is 0. The molecule has 0 aromatic carbocycles. The summed E-state index contributed by atoms with van der Waals surface area (Å²) in [4.78, 5) is 12.1. The molecule has 70 valence electrons. The van der Waals surface area contributed by atoms with E-state index in [1.54, 1.807) is 12.5 Å². The highest BCUT2D eigenvalue weighted by Crippen LogP contribution is 2.05. The first-order chi connectivity index (χ1) is 5.92. The molecule has 13 heavy (non-hydrogen) atoms. The maximum atomic E-state index is 5.42. The minimum absolute atomic E-state index is 0. The molecule has 0 bridgehead atoms. The first-order valence-electron chi connectivity index (χ1n) is 3.72. The smallest absolute Gasteiger partial charge is 0.163 e. The van der Waals surface area contributed by atoms with Gasteiger partial charge in [0.25, 0.3) is 0 Å². The van der Waals surface area contributed by atoms with Crippen LogP contribution in [-0.2, 0) is 6.54 Å². The lowest BCUT2D eigenvalue weighted by Gasteiger charge is -1.97. The van der Waals surface area contributed by atoms with Gasteiger partial charge < -0.3 is 10.3 Å². The largest absolute Gasteiger partial charge is 0.329 e. The standard InChI is InChI=1S/C7H9N5.HI/c8-1-2-12-5-11-6-3-9-4-10-7(6)12;/h3-5H,1-2,8H2;1H. The number of nitrogens with two attached hydrogens (primary N) is 1. The third-order valence-electron chi connectivity index (χ3n) is 1.65. The number of nitrogens with zero attached hydrogens (tertiary/aromatic N) is 4. The molecule has 6 heteroatoms. The summed E-state index contributed by atoms with van der Waals surface area (Å²) in [6.45, 7) is 1.34. The van der Waals surface area contributed by atoms with E-state index in [1.165, 1.54) is 6.33 Å². The van der Waals surface area contributed by atoms with Crippen LogP contribution < -0.4 is 5.73 Å². The van der Waals surface area contributed by atoms with Crippen LogP contribution in [0, 0.1) is 0 Å². The average molecular weight is 291 g/mol. The molecule has 2 N–H and O–H groups in total. The summed E-state index contributed by atoms with van der Waals surface area (Å²) >= 11 is 0. The van der Waals surface area contributed by atoms with Gasteiger partial charge in [-0.3, -0.25) is 0 Å². The highest BCUT2D eigenvalue weighted by molar-refractivity contribution is 14.0. The SMILES string of the molecule is I.NCCn1cnc2cncnc21. The highest BCUT2D eigenvalue weighted by atomic mass is 127. The molecule has 0 saturated heterocycles. The number of fused-ring (bicyclic) bond motifs is 1. The molecule has 0 spiro atoms. The first-order valence-corrected chi connectivity index (χ1v) is 3.72. The van der Waals surface area contributed by atoms with Crippen molar-refractivity contribution in [1.82, 2.24) is 19.5 Å². The fourth-order valence-corrected chi connectivity index (χ4v) is 1.12. The van der Waals surface area contributed by atoms with Crippen molar-refractivity contribution in [2.45, 2.75) is 6.54 Å². The van der Waals surface area contributed by atoms with Crippen molar-refractivity contribution in [3.05, 3.63) is 18.9 Å². The maximum Gasteiger partial charge on any atom is 0.163 e. The number of aromatic nitrogens is 4. The molecule has 0 aliphatic heterocycles. The van der Waals surface area contributed by atoms with Gasteiger partial charge in [-0.1, -0.05) is 0 Å². The van der Waals surface area contributed by atoms with E-state index in [1.807, 2.05) is 4.57 Å². The molecule has 0 saturated carbocycles. The minimum Gasteiger partial charge on any atom is -0.329 e. The number of imidazole rings is 1. The molecule has 2 aromatic rings. The van der Waals surface area contributed by atoms with Gasteiger partial charge in [0.15, 0.2) is 5.65 Å². The van der Waals surface area contributed by atoms with Gasteiger partial charge in [-0.25, -0.2) is 15.0 Å². The quantitative estimate of drug-likeness (QED) is 0.813. The molecular weight excluding hydrogens is 281 g/mol. The van der Waals surface area contributed by atoms with Crippen LogP contribution >= 0.6 is 24.0 Å². The van der Waals surface area contributed by atoms with Crippen LogP contribution in [0.3, 0.4) is 0 Å². The van der Waals surface area contributed by atoms with Gasteiger partial charge in [0.1, 0.15) is 11.8 Å². The summed E-state index contributed by atoms with van der Waals surface area (Å²) < 4.78 is 1.91. The summed E-state index contributed by atoms with van der Waals surface area (Å²) in [5.41, 5.74) is 7.07. The van der Waals surface area contributed by atoms with E-state index in [0.29, 0.717) is 6.54 Å². The number of hydrogen-bond acceptors (Lipinski definition) is 4.